The number of nitrogens with one attached hydrogen (secondary N) is 1. The zero-order chi connectivity index (χ0) is 23.3. The number of rotatable bonds is 8. The highest BCUT2D eigenvalue weighted by Gasteiger charge is 2.23. The van der Waals surface area contributed by atoms with Crippen LogP contribution in [0, 0.1) is 10.1 Å². The Kier molecular flexibility index (Phi) is 6.64. The summed E-state index contributed by atoms with van der Waals surface area (Å²) >= 11 is 0. The summed E-state index contributed by atoms with van der Waals surface area (Å²) in [7, 11) is 2.74. The van der Waals surface area contributed by atoms with Gasteiger partial charge >= 0.3 is 11.9 Å². The van der Waals surface area contributed by atoms with Crippen molar-refractivity contribution >= 4 is 29.1 Å². The van der Waals surface area contributed by atoms with Gasteiger partial charge in [0.15, 0.2) is 18.2 Å². The van der Waals surface area contributed by atoms with Crippen molar-refractivity contribution in [1.29, 1.82) is 0 Å². The lowest BCUT2D eigenvalue weighted by Crippen LogP contribution is -2.13. The smallest absolute Gasteiger partial charge is 0.341 e. The molecular weight excluding hydrogens is 420 g/mol. The number of ketones is 1. The molecule has 0 aliphatic carbocycles. The van der Waals surface area contributed by atoms with E-state index in [4.69, 9.17) is 9.15 Å². The molecule has 0 saturated heterocycles. The van der Waals surface area contributed by atoms with Crippen molar-refractivity contribution in [3.8, 4) is 0 Å². The number of methoxy groups -OCH3 is 1. The molecule has 2 aromatic carbocycles. The third-order valence-electron chi connectivity index (χ3n) is 4.60. The van der Waals surface area contributed by atoms with Crippen LogP contribution in [0.3, 0.4) is 0 Å². The maximum absolute atomic E-state index is 13.0. The number of furan rings is 1. The van der Waals surface area contributed by atoms with Gasteiger partial charge in [0.05, 0.1) is 23.9 Å². The number of ether oxygens (including phenoxy) is 2. The van der Waals surface area contributed by atoms with Crippen LogP contribution in [0.4, 0.5) is 11.4 Å². The third kappa shape index (κ3) is 4.48. The number of hydrogen-bond donors (Lipinski definition) is 1. The average molecular weight is 438 g/mol. The summed E-state index contributed by atoms with van der Waals surface area (Å²) < 4.78 is 15.0. The van der Waals surface area contributed by atoms with Gasteiger partial charge in [-0.05, 0) is 24.3 Å². The van der Waals surface area contributed by atoms with Crippen molar-refractivity contribution in [1.82, 2.24) is 0 Å². The first kappa shape index (κ1) is 22.2. The molecule has 1 aromatic heterocycles. The number of benzene rings is 2. The van der Waals surface area contributed by atoms with Crippen LogP contribution in [0.1, 0.15) is 42.4 Å². The normalized spacial score (nSPS) is 10.3. The fourth-order valence-corrected chi connectivity index (χ4v) is 3.00. The van der Waals surface area contributed by atoms with E-state index < -0.39 is 22.6 Å². The molecule has 0 radical (unpaired) electrons. The summed E-state index contributed by atoms with van der Waals surface area (Å²) in [6, 6.07) is 11.3. The molecule has 10 heteroatoms. The third-order valence-corrected chi connectivity index (χ3v) is 4.60. The Labute approximate surface area is 181 Å². The molecule has 0 unspecified atom stereocenters. The molecular formula is C22H18N2O8. The van der Waals surface area contributed by atoms with Crippen LogP contribution in [0.2, 0.25) is 0 Å². The van der Waals surface area contributed by atoms with Crippen molar-refractivity contribution in [2.75, 3.05) is 19.5 Å². The van der Waals surface area contributed by atoms with E-state index in [1.807, 2.05) is 0 Å². The molecule has 0 saturated carbocycles. The van der Waals surface area contributed by atoms with Crippen LogP contribution in [0.5, 0.6) is 0 Å². The molecule has 0 aliphatic rings. The van der Waals surface area contributed by atoms with Crippen LogP contribution >= 0.6 is 0 Å². The van der Waals surface area contributed by atoms with E-state index in [1.165, 1.54) is 50.8 Å². The summed E-state index contributed by atoms with van der Waals surface area (Å²) in [5.74, 6) is -1.97. The number of nitro groups is 1. The van der Waals surface area contributed by atoms with Crippen molar-refractivity contribution < 1.29 is 33.2 Å². The highest BCUT2D eigenvalue weighted by atomic mass is 16.6. The minimum atomic E-state index is -0.831. The van der Waals surface area contributed by atoms with E-state index in [0.29, 0.717) is 0 Å². The molecule has 1 N–H and O–H groups in total. The van der Waals surface area contributed by atoms with E-state index >= 15 is 0 Å². The maximum atomic E-state index is 13.0. The first-order chi connectivity index (χ1) is 15.4. The van der Waals surface area contributed by atoms with Crippen molar-refractivity contribution in [2.24, 2.45) is 0 Å². The minimum absolute atomic E-state index is 0.0108. The number of esters is 2. The van der Waals surface area contributed by atoms with Gasteiger partial charge in [-0.2, -0.15) is 0 Å². The first-order valence-corrected chi connectivity index (χ1v) is 9.29. The standard InChI is InChI=1S/C22H18N2O8/c1-23-17-8-7-13(11-18(17)24(28)29)20(25)14-5-3-4-6-15(14)22(27)32-12-19-16(9-10-31-19)21(26)30-2/h3-11,23H,12H2,1-2H3. The maximum Gasteiger partial charge on any atom is 0.341 e. The predicted octanol–water partition coefficient (Wildman–Crippen LogP) is 3.60. The van der Waals surface area contributed by atoms with Gasteiger partial charge in [-0.15, -0.1) is 0 Å². The van der Waals surface area contributed by atoms with Crippen molar-refractivity contribution in [2.45, 2.75) is 6.61 Å². The van der Waals surface area contributed by atoms with Gasteiger partial charge in [0, 0.05) is 24.2 Å². The minimum Gasteiger partial charge on any atom is -0.465 e. The molecule has 164 valence electrons. The van der Waals surface area contributed by atoms with E-state index in [0.717, 1.165) is 6.07 Å². The highest BCUT2D eigenvalue weighted by Crippen LogP contribution is 2.27. The molecule has 0 bridgehead atoms. The van der Waals surface area contributed by atoms with Crippen LogP contribution in [-0.2, 0) is 16.1 Å². The second-order valence-electron chi connectivity index (χ2n) is 6.44. The monoisotopic (exact) mass is 438 g/mol. The number of carbonyl (C=O) groups excluding carboxylic acids is 3. The lowest BCUT2D eigenvalue weighted by atomic mass is 9.97. The van der Waals surface area contributed by atoms with Gasteiger partial charge in [0.1, 0.15) is 11.3 Å². The Morgan fingerprint density at radius 1 is 1.03 bits per heavy atom. The molecule has 10 nitrogen and oxygen atoms in total. The van der Waals surface area contributed by atoms with E-state index in [2.05, 4.69) is 10.1 Å². The van der Waals surface area contributed by atoms with Gasteiger partial charge in [0.25, 0.3) is 5.69 Å². The second kappa shape index (κ2) is 9.56. The molecule has 32 heavy (non-hydrogen) atoms. The number of nitro benzene ring substituents is 1. The summed E-state index contributed by atoms with van der Waals surface area (Å²) in [5, 5.41) is 14.0. The summed E-state index contributed by atoms with van der Waals surface area (Å²) in [4.78, 5) is 48.1. The quantitative estimate of drug-likeness (QED) is 0.242. The molecule has 0 spiro atoms. The lowest BCUT2D eigenvalue weighted by molar-refractivity contribution is -0.384. The van der Waals surface area contributed by atoms with Gasteiger partial charge in [-0.1, -0.05) is 18.2 Å². The average Bonchev–Trinajstić information content (AvgIpc) is 3.29. The largest absolute Gasteiger partial charge is 0.465 e. The zero-order valence-electron chi connectivity index (χ0n) is 17.1. The Bertz CT molecular complexity index is 1200. The number of nitrogens with zero attached hydrogens (tertiary/aromatic N) is 1. The summed E-state index contributed by atoms with van der Waals surface area (Å²) in [6.45, 7) is -0.360. The van der Waals surface area contributed by atoms with E-state index in [1.54, 1.807) is 12.1 Å². The zero-order valence-corrected chi connectivity index (χ0v) is 17.1. The molecule has 3 aromatic rings. The Hall–Kier alpha value is -4.47. The fourth-order valence-electron chi connectivity index (χ4n) is 3.00. The van der Waals surface area contributed by atoms with E-state index in [-0.39, 0.29) is 46.0 Å². The summed E-state index contributed by atoms with van der Waals surface area (Å²) in [5.41, 5.74) is 0.0999. The number of anilines is 1. The predicted molar refractivity (Wildman–Crippen MR) is 112 cm³/mol. The van der Waals surface area contributed by atoms with Gasteiger partial charge in [-0.3, -0.25) is 14.9 Å². The van der Waals surface area contributed by atoms with E-state index in [9.17, 15) is 24.5 Å². The molecule has 0 amide bonds. The van der Waals surface area contributed by atoms with Crippen molar-refractivity contribution in [3.05, 3.63) is 92.9 Å². The van der Waals surface area contributed by atoms with Crippen LogP contribution in [0.15, 0.2) is 59.2 Å². The number of hydrogen-bond acceptors (Lipinski definition) is 9. The molecule has 0 aliphatic heterocycles. The molecule has 0 fully saturated rings. The van der Waals surface area contributed by atoms with Crippen LogP contribution < -0.4 is 5.32 Å². The highest BCUT2D eigenvalue weighted by molar-refractivity contribution is 6.14. The van der Waals surface area contributed by atoms with Crippen LogP contribution in [0.25, 0.3) is 0 Å². The first-order valence-electron chi connectivity index (χ1n) is 9.29. The Balaban J connectivity index is 1.86. The SMILES string of the molecule is CNc1ccc(C(=O)c2ccccc2C(=O)OCc2occc2C(=O)OC)cc1[N+](=O)[O-]. The molecule has 3 rings (SSSR count). The second-order valence-corrected chi connectivity index (χ2v) is 6.44. The Morgan fingerprint density at radius 3 is 2.41 bits per heavy atom. The Morgan fingerprint density at radius 2 is 1.75 bits per heavy atom. The van der Waals surface area contributed by atoms with Gasteiger partial charge in [0.2, 0.25) is 0 Å². The lowest BCUT2D eigenvalue weighted by Gasteiger charge is -2.10. The van der Waals surface area contributed by atoms with Crippen molar-refractivity contribution in [3.63, 3.8) is 0 Å². The van der Waals surface area contributed by atoms with Crippen LogP contribution in [-0.4, -0.2) is 36.8 Å². The molecule has 0 atom stereocenters. The summed E-state index contributed by atoms with van der Waals surface area (Å²) in [6.07, 6.45) is 1.26. The fraction of sp³-hybridized carbons (Fsp3) is 0.136. The molecule has 1 heterocycles. The van der Waals surface area contributed by atoms with Gasteiger partial charge < -0.3 is 19.2 Å². The number of carbonyl (C=O) groups is 3. The topological polar surface area (TPSA) is 138 Å². The van der Waals surface area contributed by atoms with Gasteiger partial charge in [-0.25, -0.2) is 9.59 Å².